The molecule has 1 aliphatic heterocycles. The third kappa shape index (κ3) is 3.99. The van der Waals surface area contributed by atoms with E-state index in [1.165, 1.54) is 0 Å². The van der Waals surface area contributed by atoms with E-state index in [4.69, 9.17) is 14.7 Å². The first-order valence-corrected chi connectivity index (χ1v) is 11.5. The number of aromatic nitrogens is 2. The number of imide groups is 1. The van der Waals surface area contributed by atoms with E-state index in [1.807, 2.05) is 48.7 Å². The number of halogens is 1. The number of nitrogens with zero attached hydrogens (tertiary/aromatic N) is 2. The summed E-state index contributed by atoms with van der Waals surface area (Å²) in [6.45, 7) is 3.63. The molecule has 0 spiro atoms. The maximum Gasteiger partial charge on any atom is 0.275 e. The number of benzene rings is 1. The number of rotatable bonds is 5. The topological polar surface area (TPSA) is 93.2 Å². The van der Waals surface area contributed by atoms with Gasteiger partial charge in [-0.15, -0.1) is 35.1 Å². The number of hydrogen-bond acceptors (Lipinski definition) is 8. The van der Waals surface area contributed by atoms with Crippen molar-refractivity contribution in [1.82, 2.24) is 15.3 Å². The molecule has 4 heterocycles. The van der Waals surface area contributed by atoms with E-state index in [0.29, 0.717) is 17.2 Å². The lowest BCUT2D eigenvalue weighted by molar-refractivity contribution is -0.124. The quantitative estimate of drug-likeness (QED) is 0.369. The van der Waals surface area contributed by atoms with Crippen LogP contribution in [-0.4, -0.2) is 28.9 Å². The number of methoxy groups -OCH3 is 1. The van der Waals surface area contributed by atoms with Crippen LogP contribution in [0, 0.1) is 6.92 Å². The zero-order valence-corrected chi connectivity index (χ0v) is 20.3. The van der Waals surface area contributed by atoms with E-state index in [9.17, 15) is 9.59 Å². The van der Waals surface area contributed by atoms with Crippen LogP contribution in [0.25, 0.3) is 31.4 Å². The van der Waals surface area contributed by atoms with Gasteiger partial charge in [-0.3, -0.25) is 14.9 Å². The number of anilines is 1. The molecule has 0 fully saturated rings. The van der Waals surface area contributed by atoms with Crippen LogP contribution >= 0.6 is 35.1 Å². The van der Waals surface area contributed by atoms with Gasteiger partial charge in [0.25, 0.3) is 11.8 Å². The smallest absolute Gasteiger partial charge is 0.275 e. The molecule has 0 saturated carbocycles. The van der Waals surface area contributed by atoms with Crippen LogP contribution in [0.2, 0.25) is 0 Å². The number of fused-ring (bicyclic) bond motifs is 1. The highest BCUT2D eigenvalue weighted by Crippen LogP contribution is 2.42. The van der Waals surface area contributed by atoms with Crippen molar-refractivity contribution >= 4 is 62.9 Å². The van der Waals surface area contributed by atoms with Crippen molar-refractivity contribution in [2.45, 2.75) is 13.8 Å². The maximum atomic E-state index is 12.3. The van der Waals surface area contributed by atoms with Crippen molar-refractivity contribution in [3.63, 3.8) is 0 Å². The van der Waals surface area contributed by atoms with Gasteiger partial charge in [-0.2, -0.15) is 0 Å². The minimum absolute atomic E-state index is 0. The van der Waals surface area contributed by atoms with E-state index < -0.39 is 11.8 Å². The summed E-state index contributed by atoms with van der Waals surface area (Å²) in [5.74, 6) is 1.00. The second-order valence-electron chi connectivity index (χ2n) is 7.25. The number of hydrogen-bond donors (Lipinski definition) is 2. The molecule has 0 saturated heterocycles. The summed E-state index contributed by atoms with van der Waals surface area (Å²) in [5, 5.41) is 8.24. The molecule has 168 valence electrons. The number of carbonyl (C=O) groups excluding carboxylic acids is 2. The Morgan fingerprint density at radius 2 is 1.79 bits per heavy atom. The average Bonchev–Trinajstić information content (AvgIpc) is 3.50. The van der Waals surface area contributed by atoms with Crippen molar-refractivity contribution in [2.24, 2.45) is 0 Å². The molecule has 0 unspecified atom stereocenters. The minimum Gasteiger partial charge on any atom is -0.497 e. The number of aryl methyl sites for hydroxylation is 1. The zero-order chi connectivity index (χ0) is 22.4. The Morgan fingerprint density at radius 3 is 2.39 bits per heavy atom. The highest BCUT2D eigenvalue weighted by Gasteiger charge is 2.29. The number of nitrogens with one attached hydrogen (secondary N) is 2. The molecule has 0 aliphatic carbocycles. The molecule has 2 amide bonds. The van der Waals surface area contributed by atoms with E-state index in [0.717, 1.165) is 36.8 Å². The fraction of sp³-hybridized carbons (Fsp3) is 0.130. The number of ether oxygens (including phenoxy) is 1. The lowest BCUT2D eigenvalue weighted by Crippen LogP contribution is -2.24. The second-order valence-corrected chi connectivity index (χ2v) is 9.19. The molecule has 1 aliphatic rings. The Bertz CT molecular complexity index is 1410. The molecule has 4 aromatic rings. The predicted octanol–water partition coefficient (Wildman–Crippen LogP) is 5.17. The van der Waals surface area contributed by atoms with Crippen LogP contribution in [0.4, 0.5) is 5.82 Å². The van der Waals surface area contributed by atoms with E-state index >= 15 is 0 Å². The number of carbonyl (C=O) groups is 2. The first-order chi connectivity index (χ1) is 15.5. The summed E-state index contributed by atoms with van der Waals surface area (Å²) in [7, 11) is 1.64. The summed E-state index contributed by atoms with van der Waals surface area (Å²) in [4.78, 5) is 36.6. The highest BCUT2D eigenvalue weighted by atomic mass is 35.5. The van der Waals surface area contributed by atoms with Crippen molar-refractivity contribution in [1.29, 1.82) is 0 Å². The van der Waals surface area contributed by atoms with Gasteiger partial charge >= 0.3 is 0 Å². The van der Waals surface area contributed by atoms with Crippen molar-refractivity contribution in [3.05, 3.63) is 58.6 Å². The number of amides is 2. The molecule has 0 bridgehead atoms. The number of thiophene rings is 2. The molecule has 2 N–H and O–H groups in total. The minimum atomic E-state index is -0.458. The predicted molar refractivity (Wildman–Crippen MR) is 134 cm³/mol. The standard InChI is InChI=1S/C23H18N4O3S2.ClH/c1-11-16-20(24-17-12(2)21(28)27-22(17)29)25-19(15-5-4-10-31-15)26-23(16)32-18(11)13-6-8-14(30-3)9-7-13;/h4-10H,1-3H3,(H2,24,25,26,27,28,29);1H. The summed E-state index contributed by atoms with van der Waals surface area (Å²) in [6, 6.07) is 11.8. The summed E-state index contributed by atoms with van der Waals surface area (Å²) in [5.41, 5.74) is 2.59. The van der Waals surface area contributed by atoms with Gasteiger partial charge in [-0.05, 0) is 60.7 Å². The first-order valence-electron chi connectivity index (χ1n) is 9.79. The Kier molecular flexibility index (Phi) is 6.20. The Labute approximate surface area is 203 Å². The molecule has 5 rings (SSSR count). The molecule has 33 heavy (non-hydrogen) atoms. The lowest BCUT2D eigenvalue weighted by Gasteiger charge is -2.09. The molecular weight excluding hydrogens is 480 g/mol. The SMILES string of the molecule is COc1ccc(-c2sc3nc(-c4cccs4)nc(NC4=C(C)C(=O)NC4=O)c3c2C)cc1.Cl. The normalized spacial score (nSPS) is 13.3. The van der Waals surface area contributed by atoms with Gasteiger partial charge < -0.3 is 10.1 Å². The second kappa shape index (κ2) is 8.93. The maximum absolute atomic E-state index is 12.3. The molecule has 7 nitrogen and oxygen atoms in total. The Hall–Kier alpha value is -3.27. The Balaban J connectivity index is 0.00000259. The third-order valence-electron chi connectivity index (χ3n) is 5.30. The van der Waals surface area contributed by atoms with Crippen molar-refractivity contribution in [2.75, 3.05) is 12.4 Å². The van der Waals surface area contributed by atoms with Gasteiger partial charge in [0.15, 0.2) is 5.82 Å². The molecule has 1 aromatic carbocycles. The van der Waals surface area contributed by atoms with Crippen LogP contribution in [0.1, 0.15) is 12.5 Å². The first kappa shape index (κ1) is 22.9. The van der Waals surface area contributed by atoms with Gasteiger partial charge in [-0.1, -0.05) is 6.07 Å². The molecule has 10 heteroatoms. The molecular formula is C23H19ClN4O3S2. The van der Waals surface area contributed by atoms with Crippen LogP contribution in [0.3, 0.4) is 0 Å². The van der Waals surface area contributed by atoms with Gasteiger partial charge in [-0.25, -0.2) is 9.97 Å². The zero-order valence-electron chi connectivity index (χ0n) is 17.9. The van der Waals surface area contributed by atoms with Crippen LogP contribution < -0.4 is 15.4 Å². The van der Waals surface area contributed by atoms with Crippen LogP contribution in [0.15, 0.2) is 53.0 Å². The van der Waals surface area contributed by atoms with Gasteiger partial charge in [0.2, 0.25) is 0 Å². The summed E-state index contributed by atoms with van der Waals surface area (Å²) >= 11 is 3.11. The molecule has 3 aromatic heterocycles. The third-order valence-corrected chi connectivity index (χ3v) is 7.40. The van der Waals surface area contributed by atoms with E-state index in [1.54, 1.807) is 36.7 Å². The summed E-state index contributed by atoms with van der Waals surface area (Å²) < 4.78 is 5.28. The fourth-order valence-corrected chi connectivity index (χ4v) is 5.42. The van der Waals surface area contributed by atoms with E-state index in [-0.39, 0.29) is 18.1 Å². The Morgan fingerprint density at radius 1 is 1.03 bits per heavy atom. The molecule has 0 radical (unpaired) electrons. The van der Waals surface area contributed by atoms with Gasteiger partial charge in [0.1, 0.15) is 22.1 Å². The van der Waals surface area contributed by atoms with E-state index in [2.05, 4.69) is 10.6 Å². The van der Waals surface area contributed by atoms with Gasteiger partial charge in [0.05, 0.1) is 17.4 Å². The fourth-order valence-electron chi connectivity index (χ4n) is 3.58. The van der Waals surface area contributed by atoms with Gasteiger partial charge in [0, 0.05) is 10.5 Å². The summed E-state index contributed by atoms with van der Waals surface area (Å²) in [6.07, 6.45) is 0. The average molecular weight is 499 g/mol. The van der Waals surface area contributed by atoms with Crippen molar-refractivity contribution in [3.8, 4) is 26.9 Å². The lowest BCUT2D eigenvalue weighted by atomic mass is 10.1. The monoisotopic (exact) mass is 498 g/mol. The van der Waals surface area contributed by atoms with Crippen molar-refractivity contribution < 1.29 is 14.3 Å². The van der Waals surface area contributed by atoms with Crippen LogP contribution in [0.5, 0.6) is 5.75 Å². The van der Waals surface area contributed by atoms with Crippen LogP contribution in [-0.2, 0) is 9.59 Å². The largest absolute Gasteiger partial charge is 0.497 e. The highest BCUT2D eigenvalue weighted by molar-refractivity contribution is 7.22. The molecule has 0 atom stereocenters.